The summed E-state index contributed by atoms with van der Waals surface area (Å²) in [5, 5.41) is 8.64. The van der Waals surface area contributed by atoms with E-state index in [-0.39, 0.29) is 6.23 Å². The van der Waals surface area contributed by atoms with Gasteiger partial charge in [0, 0.05) is 13.1 Å². The summed E-state index contributed by atoms with van der Waals surface area (Å²) in [7, 11) is 1.67. The Morgan fingerprint density at radius 2 is 1.96 bits per heavy atom. The fourth-order valence-electron chi connectivity index (χ4n) is 3.33. The monoisotopic (exact) mass is 364 g/mol. The lowest BCUT2D eigenvalue weighted by molar-refractivity contribution is 0.0252. The molecule has 0 N–H and O–H groups in total. The lowest BCUT2D eigenvalue weighted by Crippen LogP contribution is -2.23. The van der Waals surface area contributed by atoms with Crippen LogP contribution in [-0.2, 0) is 17.8 Å². The van der Waals surface area contributed by atoms with Crippen molar-refractivity contribution in [2.45, 2.75) is 26.2 Å². The number of ether oxygens (including phenoxy) is 2. The number of methoxy groups -OCH3 is 1. The number of hydrogen-bond acceptors (Lipinski definition) is 5. The molecule has 3 aromatic rings. The van der Waals surface area contributed by atoms with Crippen LogP contribution in [0.2, 0.25) is 0 Å². The second kappa shape index (κ2) is 7.90. The Labute approximate surface area is 159 Å². The number of benzene rings is 2. The fourth-order valence-corrected chi connectivity index (χ4v) is 3.33. The standard InChI is InChI=1S/C21H24N4O2/c1-16-6-8-17(9-7-16)13-24-10-11-27-21(24)20-15-25(23-22-20)14-18-4-3-5-19(12-18)26-2/h3-9,12,15,21H,10-11,13-14H2,1-2H3/t21-/m0/s1. The van der Waals surface area contributed by atoms with Crippen LogP contribution in [0.15, 0.2) is 54.7 Å². The zero-order chi connectivity index (χ0) is 18.6. The molecule has 0 saturated carbocycles. The van der Waals surface area contributed by atoms with Gasteiger partial charge in [0.1, 0.15) is 11.4 Å². The molecule has 1 aliphatic rings. The van der Waals surface area contributed by atoms with Crippen molar-refractivity contribution >= 4 is 0 Å². The van der Waals surface area contributed by atoms with Crippen LogP contribution >= 0.6 is 0 Å². The second-order valence-corrected chi connectivity index (χ2v) is 6.87. The van der Waals surface area contributed by atoms with Gasteiger partial charge in [0.05, 0.1) is 26.5 Å². The molecule has 0 radical (unpaired) electrons. The summed E-state index contributed by atoms with van der Waals surface area (Å²) >= 11 is 0. The first kappa shape index (κ1) is 17.7. The van der Waals surface area contributed by atoms with Gasteiger partial charge in [-0.2, -0.15) is 0 Å². The molecule has 1 aliphatic heterocycles. The highest BCUT2D eigenvalue weighted by molar-refractivity contribution is 5.28. The lowest BCUT2D eigenvalue weighted by Gasteiger charge is -2.21. The molecule has 1 aromatic heterocycles. The fraction of sp³-hybridized carbons (Fsp3) is 0.333. The quantitative estimate of drug-likeness (QED) is 0.672. The molecular formula is C21H24N4O2. The Morgan fingerprint density at radius 1 is 1.11 bits per heavy atom. The van der Waals surface area contributed by atoms with Crippen LogP contribution in [0.4, 0.5) is 0 Å². The number of nitrogens with zero attached hydrogens (tertiary/aromatic N) is 4. The predicted octanol–water partition coefficient (Wildman–Crippen LogP) is 3.17. The van der Waals surface area contributed by atoms with Crippen molar-refractivity contribution in [3.05, 3.63) is 77.1 Å². The van der Waals surface area contributed by atoms with E-state index in [9.17, 15) is 0 Å². The second-order valence-electron chi connectivity index (χ2n) is 6.87. The van der Waals surface area contributed by atoms with E-state index >= 15 is 0 Å². The minimum Gasteiger partial charge on any atom is -0.497 e. The minimum absolute atomic E-state index is 0.148. The van der Waals surface area contributed by atoms with Crippen LogP contribution in [0.3, 0.4) is 0 Å². The van der Waals surface area contributed by atoms with E-state index in [4.69, 9.17) is 9.47 Å². The van der Waals surface area contributed by atoms with Gasteiger partial charge in [-0.15, -0.1) is 5.10 Å². The first-order chi connectivity index (χ1) is 13.2. The van der Waals surface area contributed by atoms with Crippen molar-refractivity contribution in [3.63, 3.8) is 0 Å². The Morgan fingerprint density at radius 3 is 2.78 bits per heavy atom. The highest BCUT2D eigenvalue weighted by Gasteiger charge is 2.29. The SMILES string of the molecule is COc1cccc(Cn2cc([C@@H]3OCCN3Cc3ccc(C)cc3)nn2)c1. The van der Waals surface area contributed by atoms with Crippen molar-refractivity contribution in [3.8, 4) is 5.75 Å². The predicted molar refractivity (Wildman–Crippen MR) is 102 cm³/mol. The number of aromatic nitrogens is 3. The Balaban J connectivity index is 1.45. The normalized spacial score (nSPS) is 17.3. The van der Waals surface area contributed by atoms with E-state index < -0.39 is 0 Å². The van der Waals surface area contributed by atoms with Crippen LogP contribution in [0.1, 0.15) is 28.6 Å². The van der Waals surface area contributed by atoms with Gasteiger partial charge in [0.15, 0.2) is 6.23 Å². The highest BCUT2D eigenvalue weighted by atomic mass is 16.5. The molecule has 27 heavy (non-hydrogen) atoms. The van der Waals surface area contributed by atoms with Gasteiger partial charge in [-0.25, -0.2) is 4.68 Å². The molecular weight excluding hydrogens is 340 g/mol. The average Bonchev–Trinajstić information content (AvgIpc) is 3.33. The van der Waals surface area contributed by atoms with E-state index in [1.807, 2.05) is 29.1 Å². The van der Waals surface area contributed by atoms with Crippen molar-refractivity contribution in [1.29, 1.82) is 0 Å². The van der Waals surface area contributed by atoms with Gasteiger partial charge in [0.2, 0.25) is 0 Å². The van der Waals surface area contributed by atoms with Crippen molar-refractivity contribution < 1.29 is 9.47 Å². The maximum atomic E-state index is 5.94. The average molecular weight is 364 g/mol. The van der Waals surface area contributed by atoms with Gasteiger partial charge < -0.3 is 9.47 Å². The molecule has 1 atom stereocenters. The largest absolute Gasteiger partial charge is 0.497 e. The first-order valence-corrected chi connectivity index (χ1v) is 9.15. The number of rotatable bonds is 6. The van der Waals surface area contributed by atoms with Crippen molar-refractivity contribution in [2.75, 3.05) is 20.3 Å². The zero-order valence-electron chi connectivity index (χ0n) is 15.7. The minimum atomic E-state index is -0.148. The first-order valence-electron chi connectivity index (χ1n) is 9.15. The van der Waals surface area contributed by atoms with Crippen molar-refractivity contribution in [2.24, 2.45) is 0 Å². The molecule has 2 heterocycles. The molecule has 1 saturated heterocycles. The maximum absolute atomic E-state index is 5.94. The van der Waals surface area contributed by atoms with Crippen LogP contribution < -0.4 is 4.74 Å². The molecule has 140 valence electrons. The molecule has 0 bridgehead atoms. The maximum Gasteiger partial charge on any atom is 0.157 e. The smallest absolute Gasteiger partial charge is 0.157 e. The third-order valence-corrected chi connectivity index (χ3v) is 4.78. The van der Waals surface area contributed by atoms with Crippen LogP contribution in [0.5, 0.6) is 5.75 Å². The summed E-state index contributed by atoms with van der Waals surface area (Å²) in [5.74, 6) is 0.844. The molecule has 2 aromatic carbocycles. The molecule has 4 rings (SSSR count). The Kier molecular flexibility index (Phi) is 5.18. The van der Waals surface area contributed by atoms with Gasteiger partial charge in [-0.05, 0) is 30.2 Å². The summed E-state index contributed by atoms with van der Waals surface area (Å²) in [6, 6.07) is 16.6. The molecule has 6 nitrogen and oxygen atoms in total. The summed E-state index contributed by atoms with van der Waals surface area (Å²) in [6.45, 7) is 5.19. The van der Waals surface area contributed by atoms with E-state index in [1.165, 1.54) is 11.1 Å². The third kappa shape index (κ3) is 4.18. The highest BCUT2D eigenvalue weighted by Crippen LogP contribution is 2.27. The van der Waals surface area contributed by atoms with Crippen LogP contribution in [0, 0.1) is 6.92 Å². The molecule has 0 spiro atoms. The third-order valence-electron chi connectivity index (χ3n) is 4.78. The summed E-state index contributed by atoms with van der Waals surface area (Å²) < 4.78 is 13.1. The zero-order valence-corrected chi connectivity index (χ0v) is 15.7. The summed E-state index contributed by atoms with van der Waals surface area (Å²) in [5.41, 5.74) is 4.52. The van der Waals surface area contributed by atoms with E-state index in [0.717, 1.165) is 30.1 Å². The summed E-state index contributed by atoms with van der Waals surface area (Å²) in [4.78, 5) is 2.30. The summed E-state index contributed by atoms with van der Waals surface area (Å²) in [6.07, 6.45) is 1.82. The van der Waals surface area contributed by atoms with E-state index in [2.05, 4.69) is 52.5 Å². The van der Waals surface area contributed by atoms with E-state index in [0.29, 0.717) is 13.2 Å². The van der Waals surface area contributed by atoms with Gasteiger partial charge in [-0.1, -0.05) is 47.2 Å². The molecule has 0 aliphatic carbocycles. The topological polar surface area (TPSA) is 52.4 Å². The Bertz CT molecular complexity index is 891. The molecule has 0 unspecified atom stereocenters. The van der Waals surface area contributed by atoms with Gasteiger partial charge in [0.25, 0.3) is 0 Å². The van der Waals surface area contributed by atoms with Crippen LogP contribution in [0.25, 0.3) is 0 Å². The van der Waals surface area contributed by atoms with Crippen LogP contribution in [-0.4, -0.2) is 40.2 Å². The van der Waals surface area contributed by atoms with Gasteiger partial charge >= 0.3 is 0 Å². The molecule has 1 fully saturated rings. The van der Waals surface area contributed by atoms with E-state index in [1.54, 1.807) is 7.11 Å². The Hall–Kier alpha value is -2.70. The number of aryl methyl sites for hydroxylation is 1. The van der Waals surface area contributed by atoms with Crippen molar-refractivity contribution in [1.82, 2.24) is 19.9 Å². The number of hydrogen-bond donors (Lipinski definition) is 0. The molecule has 6 heteroatoms. The lowest BCUT2D eigenvalue weighted by atomic mass is 10.1. The van der Waals surface area contributed by atoms with Gasteiger partial charge in [-0.3, -0.25) is 4.90 Å². The molecule has 0 amide bonds.